The topological polar surface area (TPSA) is 12.5 Å². The molecule has 0 aromatic carbocycles. The van der Waals surface area contributed by atoms with Crippen molar-refractivity contribution < 1.29 is 4.84 Å². The van der Waals surface area contributed by atoms with Gasteiger partial charge in [-0.3, -0.25) is 9.90 Å². The Labute approximate surface area is 61.7 Å². The minimum Gasteiger partial charge on any atom is -0.277 e. The predicted molar refractivity (Wildman–Crippen MR) is 41.2 cm³/mol. The molecule has 0 spiro atoms. The first-order valence-corrected chi connectivity index (χ1v) is 3.39. The molecule has 0 radical (unpaired) electrons. The summed E-state index contributed by atoms with van der Waals surface area (Å²) in [5.41, 5.74) is 2.71. The Hall–Kier alpha value is -0.760. The standard InChI is InChI=1S/C8H13NO/c1-7-4-5-9(10-3)6-8(7)2/h4-5H,6H2,1-3H3. The lowest BCUT2D eigenvalue weighted by Gasteiger charge is -2.21. The maximum atomic E-state index is 5.02. The van der Waals surface area contributed by atoms with Gasteiger partial charge in [0, 0.05) is 6.20 Å². The maximum absolute atomic E-state index is 5.02. The van der Waals surface area contributed by atoms with Gasteiger partial charge in [0.25, 0.3) is 0 Å². The van der Waals surface area contributed by atoms with Crippen molar-refractivity contribution in [3.63, 3.8) is 0 Å². The molecule has 0 aliphatic carbocycles. The Morgan fingerprint density at radius 2 is 2.20 bits per heavy atom. The summed E-state index contributed by atoms with van der Waals surface area (Å²) < 4.78 is 0. The van der Waals surface area contributed by atoms with Crippen molar-refractivity contribution in [3.05, 3.63) is 23.4 Å². The van der Waals surface area contributed by atoms with E-state index in [0.29, 0.717) is 0 Å². The van der Waals surface area contributed by atoms with Crippen LogP contribution in [0.4, 0.5) is 0 Å². The van der Waals surface area contributed by atoms with Gasteiger partial charge in [0.05, 0.1) is 13.7 Å². The van der Waals surface area contributed by atoms with Crippen LogP contribution < -0.4 is 0 Å². The summed E-state index contributed by atoms with van der Waals surface area (Å²) in [7, 11) is 1.68. The summed E-state index contributed by atoms with van der Waals surface area (Å²) in [4.78, 5) is 5.02. The Kier molecular flexibility index (Phi) is 2.12. The first-order chi connectivity index (χ1) is 4.74. The molecule has 1 aliphatic rings. The first-order valence-electron chi connectivity index (χ1n) is 3.39. The van der Waals surface area contributed by atoms with Gasteiger partial charge < -0.3 is 0 Å². The highest BCUT2D eigenvalue weighted by molar-refractivity contribution is 5.26. The van der Waals surface area contributed by atoms with Gasteiger partial charge in [0.2, 0.25) is 0 Å². The highest BCUT2D eigenvalue weighted by Gasteiger charge is 2.05. The molecular weight excluding hydrogens is 126 g/mol. The highest BCUT2D eigenvalue weighted by Crippen LogP contribution is 2.12. The monoisotopic (exact) mass is 139 g/mol. The van der Waals surface area contributed by atoms with E-state index in [-0.39, 0.29) is 0 Å². The van der Waals surface area contributed by atoms with Crippen molar-refractivity contribution >= 4 is 0 Å². The lowest BCUT2D eigenvalue weighted by atomic mass is 10.1. The van der Waals surface area contributed by atoms with E-state index in [1.807, 2.05) is 11.3 Å². The third-order valence-electron chi connectivity index (χ3n) is 1.79. The molecule has 0 aromatic rings. The van der Waals surface area contributed by atoms with Gasteiger partial charge in [-0.05, 0) is 31.1 Å². The van der Waals surface area contributed by atoms with Gasteiger partial charge in [0.1, 0.15) is 0 Å². The number of allylic oxidation sites excluding steroid dienone is 2. The van der Waals surface area contributed by atoms with Crippen LogP contribution in [0.25, 0.3) is 0 Å². The smallest absolute Gasteiger partial charge is 0.0662 e. The zero-order valence-corrected chi connectivity index (χ0v) is 6.72. The van der Waals surface area contributed by atoms with Gasteiger partial charge >= 0.3 is 0 Å². The van der Waals surface area contributed by atoms with Gasteiger partial charge in [-0.2, -0.15) is 0 Å². The molecular formula is C8H13NO. The number of hydroxylamine groups is 2. The number of hydrogen-bond acceptors (Lipinski definition) is 2. The molecule has 1 rings (SSSR count). The van der Waals surface area contributed by atoms with Crippen molar-refractivity contribution in [1.29, 1.82) is 0 Å². The van der Waals surface area contributed by atoms with E-state index in [4.69, 9.17) is 4.84 Å². The summed E-state index contributed by atoms with van der Waals surface area (Å²) in [6.45, 7) is 5.11. The lowest BCUT2D eigenvalue weighted by Crippen LogP contribution is -2.20. The van der Waals surface area contributed by atoms with Crippen LogP contribution in [-0.4, -0.2) is 18.7 Å². The SMILES string of the molecule is CON1C=CC(C)=C(C)C1. The molecule has 0 amide bonds. The summed E-state index contributed by atoms with van der Waals surface area (Å²) >= 11 is 0. The Balaban J connectivity index is 2.65. The Morgan fingerprint density at radius 1 is 1.50 bits per heavy atom. The fourth-order valence-corrected chi connectivity index (χ4v) is 0.874. The van der Waals surface area contributed by atoms with Gasteiger partial charge in [-0.15, -0.1) is 0 Å². The fraction of sp³-hybridized carbons (Fsp3) is 0.500. The van der Waals surface area contributed by atoms with E-state index in [9.17, 15) is 0 Å². The van der Waals surface area contributed by atoms with Crippen LogP contribution in [-0.2, 0) is 4.84 Å². The molecule has 10 heavy (non-hydrogen) atoms. The van der Waals surface area contributed by atoms with Crippen molar-refractivity contribution in [3.8, 4) is 0 Å². The van der Waals surface area contributed by atoms with Gasteiger partial charge in [-0.25, -0.2) is 0 Å². The van der Waals surface area contributed by atoms with Crippen molar-refractivity contribution in [2.75, 3.05) is 13.7 Å². The largest absolute Gasteiger partial charge is 0.277 e. The zero-order valence-electron chi connectivity index (χ0n) is 6.72. The van der Waals surface area contributed by atoms with Gasteiger partial charge in [-0.1, -0.05) is 0 Å². The van der Waals surface area contributed by atoms with Crippen LogP contribution in [0.3, 0.4) is 0 Å². The molecule has 2 nitrogen and oxygen atoms in total. The minimum absolute atomic E-state index is 0.888. The van der Waals surface area contributed by atoms with E-state index in [0.717, 1.165) is 6.54 Å². The number of nitrogens with zero attached hydrogens (tertiary/aromatic N) is 1. The van der Waals surface area contributed by atoms with Crippen molar-refractivity contribution in [2.24, 2.45) is 0 Å². The average molecular weight is 139 g/mol. The van der Waals surface area contributed by atoms with Crippen molar-refractivity contribution in [2.45, 2.75) is 13.8 Å². The van der Waals surface area contributed by atoms with Crippen LogP contribution in [0.2, 0.25) is 0 Å². The molecule has 0 aromatic heterocycles. The second kappa shape index (κ2) is 2.88. The molecule has 0 bridgehead atoms. The molecule has 0 N–H and O–H groups in total. The van der Waals surface area contributed by atoms with Crippen LogP contribution in [0.5, 0.6) is 0 Å². The molecule has 0 saturated carbocycles. The van der Waals surface area contributed by atoms with Crippen molar-refractivity contribution in [1.82, 2.24) is 5.06 Å². The second-order valence-electron chi connectivity index (χ2n) is 2.54. The highest BCUT2D eigenvalue weighted by atomic mass is 16.7. The fourth-order valence-electron chi connectivity index (χ4n) is 0.874. The lowest BCUT2D eigenvalue weighted by molar-refractivity contribution is -0.0814. The zero-order chi connectivity index (χ0) is 7.56. The molecule has 0 unspecified atom stereocenters. The van der Waals surface area contributed by atoms with Crippen LogP contribution in [0.15, 0.2) is 23.4 Å². The van der Waals surface area contributed by atoms with E-state index in [2.05, 4.69) is 19.9 Å². The molecule has 0 fully saturated rings. The van der Waals surface area contributed by atoms with E-state index in [1.54, 1.807) is 7.11 Å². The van der Waals surface area contributed by atoms with Crippen LogP contribution in [0.1, 0.15) is 13.8 Å². The summed E-state index contributed by atoms with van der Waals surface area (Å²) in [5, 5.41) is 1.81. The maximum Gasteiger partial charge on any atom is 0.0662 e. The molecule has 0 saturated heterocycles. The predicted octanol–water partition coefficient (Wildman–Crippen LogP) is 1.71. The summed E-state index contributed by atoms with van der Waals surface area (Å²) in [6, 6.07) is 0. The van der Waals surface area contributed by atoms with Gasteiger partial charge in [0.15, 0.2) is 0 Å². The van der Waals surface area contributed by atoms with E-state index in [1.165, 1.54) is 11.1 Å². The Morgan fingerprint density at radius 3 is 2.70 bits per heavy atom. The molecule has 56 valence electrons. The van der Waals surface area contributed by atoms with Crippen LogP contribution in [0, 0.1) is 0 Å². The molecule has 0 atom stereocenters. The third kappa shape index (κ3) is 1.39. The van der Waals surface area contributed by atoms with Crippen LogP contribution >= 0.6 is 0 Å². The Bertz CT molecular complexity index is 182. The first kappa shape index (κ1) is 7.35. The third-order valence-corrected chi connectivity index (χ3v) is 1.79. The number of hydrogen-bond donors (Lipinski definition) is 0. The van der Waals surface area contributed by atoms with E-state index < -0.39 is 0 Å². The molecule has 2 heteroatoms. The summed E-state index contributed by atoms with van der Waals surface area (Å²) in [6.07, 6.45) is 4.00. The average Bonchev–Trinajstić information content (AvgIpc) is 1.95. The molecule has 1 aliphatic heterocycles. The summed E-state index contributed by atoms with van der Waals surface area (Å²) in [5.74, 6) is 0. The molecule has 1 heterocycles. The second-order valence-corrected chi connectivity index (χ2v) is 2.54. The van der Waals surface area contributed by atoms with E-state index >= 15 is 0 Å². The number of rotatable bonds is 1. The minimum atomic E-state index is 0.888. The normalized spacial score (nSPS) is 18.5. The quantitative estimate of drug-likeness (QED) is 0.548.